The lowest BCUT2D eigenvalue weighted by Crippen LogP contribution is -2.54. The molecule has 3 atom stereocenters. The molecule has 0 amide bonds. The summed E-state index contributed by atoms with van der Waals surface area (Å²) in [6.45, 7) is 8.29. The number of hydrogen-bond donors (Lipinski definition) is 2. The molecule has 4 nitrogen and oxygen atoms in total. The van der Waals surface area contributed by atoms with Gasteiger partial charge in [0.25, 0.3) is 0 Å². The Labute approximate surface area is 118 Å². The summed E-state index contributed by atoms with van der Waals surface area (Å²) in [7, 11) is 2.29. The molecule has 2 fully saturated rings. The minimum absolute atomic E-state index is 0.292. The van der Waals surface area contributed by atoms with E-state index in [4.69, 9.17) is 5.11 Å². The Morgan fingerprint density at radius 3 is 2.89 bits per heavy atom. The lowest BCUT2D eigenvalue weighted by Gasteiger charge is -2.46. The van der Waals surface area contributed by atoms with Crippen LogP contribution in [0.3, 0.4) is 0 Å². The zero-order valence-electron chi connectivity index (χ0n) is 12.6. The van der Waals surface area contributed by atoms with Crippen molar-refractivity contribution >= 4 is 0 Å². The highest BCUT2D eigenvalue weighted by Crippen LogP contribution is 2.29. The Morgan fingerprint density at radius 2 is 2.16 bits per heavy atom. The summed E-state index contributed by atoms with van der Waals surface area (Å²) in [5.41, 5.74) is 0. The van der Waals surface area contributed by atoms with Crippen molar-refractivity contribution in [2.75, 3.05) is 46.4 Å². The number of nitrogens with one attached hydrogen (secondary N) is 1. The van der Waals surface area contributed by atoms with Gasteiger partial charge in [-0.05, 0) is 58.3 Å². The highest BCUT2D eigenvalue weighted by Gasteiger charge is 2.34. The molecule has 3 unspecified atom stereocenters. The number of fused-ring (bicyclic) bond motifs is 1. The van der Waals surface area contributed by atoms with Crippen LogP contribution in [0, 0.1) is 5.92 Å². The molecule has 2 aliphatic rings. The van der Waals surface area contributed by atoms with Crippen molar-refractivity contribution < 1.29 is 5.11 Å². The first-order valence-electron chi connectivity index (χ1n) is 8.01. The Hall–Kier alpha value is -0.160. The van der Waals surface area contributed by atoms with Gasteiger partial charge in [0.05, 0.1) is 0 Å². The van der Waals surface area contributed by atoms with Gasteiger partial charge in [-0.15, -0.1) is 0 Å². The van der Waals surface area contributed by atoms with E-state index in [1.165, 1.54) is 38.9 Å². The molecule has 2 N–H and O–H groups in total. The minimum atomic E-state index is 0.292. The van der Waals surface area contributed by atoms with E-state index in [-0.39, 0.29) is 0 Å². The van der Waals surface area contributed by atoms with E-state index in [2.05, 4.69) is 29.1 Å². The number of likely N-dealkylation sites (tertiary alicyclic amines) is 2. The molecule has 0 radical (unpaired) electrons. The maximum atomic E-state index is 9.15. The normalized spacial score (nSPS) is 31.1. The van der Waals surface area contributed by atoms with E-state index >= 15 is 0 Å². The topological polar surface area (TPSA) is 38.7 Å². The first-order chi connectivity index (χ1) is 9.24. The van der Waals surface area contributed by atoms with E-state index in [1.54, 1.807) is 0 Å². The molecular weight excluding hydrogens is 238 g/mol. The summed E-state index contributed by atoms with van der Waals surface area (Å²) in [4.78, 5) is 5.18. The lowest BCUT2D eigenvalue weighted by molar-refractivity contribution is 0.0338. The number of hydrogen-bond acceptors (Lipinski definition) is 4. The van der Waals surface area contributed by atoms with Crippen LogP contribution in [0.15, 0.2) is 0 Å². The average molecular weight is 269 g/mol. The molecule has 4 heteroatoms. The van der Waals surface area contributed by atoms with Crippen molar-refractivity contribution in [1.82, 2.24) is 15.1 Å². The van der Waals surface area contributed by atoms with Gasteiger partial charge in [-0.25, -0.2) is 0 Å². The molecule has 0 bridgehead atoms. The second kappa shape index (κ2) is 7.58. The molecule has 2 rings (SSSR count). The van der Waals surface area contributed by atoms with E-state index in [0.717, 1.165) is 31.5 Å². The zero-order chi connectivity index (χ0) is 13.7. The van der Waals surface area contributed by atoms with Crippen LogP contribution in [-0.4, -0.2) is 73.4 Å². The number of aliphatic hydroxyl groups is 1. The first kappa shape index (κ1) is 15.2. The monoisotopic (exact) mass is 269 g/mol. The molecule has 0 aliphatic carbocycles. The van der Waals surface area contributed by atoms with Gasteiger partial charge in [-0.1, -0.05) is 6.92 Å². The predicted octanol–water partition coefficient (Wildman–Crippen LogP) is 0.763. The Kier molecular flexibility index (Phi) is 6.07. The molecule has 0 aromatic rings. The largest absolute Gasteiger partial charge is 0.396 e. The number of likely N-dealkylation sites (N-methyl/N-ethyl adjacent to an activating group) is 1. The molecular formula is C15H31N3O. The molecule has 2 aliphatic heterocycles. The fourth-order valence-electron chi connectivity index (χ4n) is 3.91. The maximum Gasteiger partial charge on any atom is 0.0446 e. The second-order valence-electron chi connectivity index (χ2n) is 6.27. The molecule has 2 heterocycles. The Balaban J connectivity index is 1.82. The van der Waals surface area contributed by atoms with Gasteiger partial charge in [0.2, 0.25) is 0 Å². The number of piperidine rings is 2. The number of aliphatic hydroxyl groups excluding tert-OH is 1. The summed E-state index contributed by atoms with van der Waals surface area (Å²) in [5.74, 6) is 0.865. The summed E-state index contributed by atoms with van der Waals surface area (Å²) < 4.78 is 0. The maximum absolute atomic E-state index is 9.15. The Bertz CT molecular complexity index is 254. The van der Waals surface area contributed by atoms with Crippen molar-refractivity contribution in [2.45, 2.75) is 44.7 Å². The SMILES string of the molecule is CCNC(CCO)CN1CCC2C(CCCN2C)C1. The van der Waals surface area contributed by atoms with E-state index in [0.29, 0.717) is 12.6 Å². The number of nitrogens with zero attached hydrogens (tertiary/aromatic N) is 2. The fourth-order valence-corrected chi connectivity index (χ4v) is 3.91. The molecule has 19 heavy (non-hydrogen) atoms. The van der Waals surface area contributed by atoms with Crippen LogP contribution in [0.2, 0.25) is 0 Å². The quantitative estimate of drug-likeness (QED) is 0.747. The third-order valence-corrected chi connectivity index (χ3v) is 4.88. The highest BCUT2D eigenvalue weighted by atomic mass is 16.3. The third kappa shape index (κ3) is 4.15. The number of rotatable bonds is 6. The van der Waals surface area contributed by atoms with Crippen molar-refractivity contribution in [1.29, 1.82) is 0 Å². The van der Waals surface area contributed by atoms with Crippen molar-refractivity contribution in [2.24, 2.45) is 5.92 Å². The van der Waals surface area contributed by atoms with Gasteiger partial charge >= 0.3 is 0 Å². The third-order valence-electron chi connectivity index (χ3n) is 4.88. The first-order valence-corrected chi connectivity index (χ1v) is 8.01. The van der Waals surface area contributed by atoms with Gasteiger partial charge in [-0.3, -0.25) is 0 Å². The molecule has 0 aromatic heterocycles. The molecule has 0 aromatic carbocycles. The van der Waals surface area contributed by atoms with Gasteiger partial charge in [0.15, 0.2) is 0 Å². The van der Waals surface area contributed by atoms with E-state index < -0.39 is 0 Å². The molecule has 0 saturated carbocycles. The second-order valence-corrected chi connectivity index (χ2v) is 6.27. The fraction of sp³-hybridized carbons (Fsp3) is 1.00. The van der Waals surface area contributed by atoms with Crippen LogP contribution < -0.4 is 5.32 Å². The van der Waals surface area contributed by atoms with Gasteiger partial charge in [-0.2, -0.15) is 0 Å². The lowest BCUT2D eigenvalue weighted by atomic mass is 9.84. The molecule has 112 valence electrons. The van der Waals surface area contributed by atoms with Gasteiger partial charge in [0, 0.05) is 31.8 Å². The van der Waals surface area contributed by atoms with Crippen molar-refractivity contribution in [3.8, 4) is 0 Å². The Morgan fingerprint density at radius 1 is 1.32 bits per heavy atom. The average Bonchev–Trinajstić information content (AvgIpc) is 2.39. The summed E-state index contributed by atoms with van der Waals surface area (Å²) in [6, 6.07) is 1.27. The standard InChI is InChI=1S/C15H31N3O/c1-3-16-14(7-10-19)12-18-9-6-15-13(11-18)5-4-8-17(15)2/h13-16,19H,3-12H2,1-2H3. The van der Waals surface area contributed by atoms with Crippen LogP contribution in [0.25, 0.3) is 0 Å². The van der Waals surface area contributed by atoms with E-state index in [9.17, 15) is 0 Å². The van der Waals surface area contributed by atoms with Crippen molar-refractivity contribution in [3.05, 3.63) is 0 Å². The van der Waals surface area contributed by atoms with Crippen LogP contribution >= 0.6 is 0 Å². The molecule has 2 saturated heterocycles. The van der Waals surface area contributed by atoms with Crippen LogP contribution in [0.4, 0.5) is 0 Å². The smallest absolute Gasteiger partial charge is 0.0446 e. The zero-order valence-corrected chi connectivity index (χ0v) is 12.6. The highest BCUT2D eigenvalue weighted by molar-refractivity contribution is 4.90. The van der Waals surface area contributed by atoms with Crippen LogP contribution in [-0.2, 0) is 0 Å². The summed E-state index contributed by atoms with van der Waals surface area (Å²) in [6.07, 6.45) is 4.95. The van der Waals surface area contributed by atoms with Crippen molar-refractivity contribution in [3.63, 3.8) is 0 Å². The molecule has 0 spiro atoms. The minimum Gasteiger partial charge on any atom is -0.396 e. The van der Waals surface area contributed by atoms with Crippen LogP contribution in [0.5, 0.6) is 0 Å². The van der Waals surface area contributed by atoms with Gasteiger partial charge < -0.3 is 20.2 Å². The van der Waals surface area contributed by atoms with Crippen LogP contribution in [0.1, 0.15) is 32.6 Å². The van der Waals surface area contributed by atoms with Gasteiger partial charge in [0.1, 0.15) is 0 Å². The predicted molar refractivity (Wildman–Crippen MR) is 79.4 cm³/mol. The summed E-state index contributed by atoms with van der Waals surface area (Å²) >= 11 is 0. The summed E-state index contributed by atoms with van der Waals surface area (Å²) in [5, 5.41) is 12.6. The van der Waals surface area contributed by atoms with E-state index in [1.807, 2.05) is 0 Å².